The smallest absolute Gasteiger partial charge is 0.264 e. The summed E-state index contributed by atoms with van der Waals surface area (Å²) in [5, 5.41) is 3.10. The van der Waals surface area contributed by atoms with Crippen molar-refractivity contribution in [3.63, 3.8) is 0 Å². The molecule has 0 heterocycles. The van der Waals surface area contributed by atoms with Crippen molar-refractivity contribution in [2.75, 3.05) is 17.4 Å². The molecule has 0 aliphatic rings. The van der Waals surface area contributed by atoms with Crippen molar-refractivity contribution in [1.82, 2.24) is 10.2 Å². The van der Waals surface area contributed by atoms with Crippen LogP contribution < -0.4 is 9.62 Å². The lowest BCUT2D eigenvalue weighted by Crippen LogP contribution is -2.51. The molecule has 3 rings (SSSR count). The monoisotopic (exact) mass is 593 g/mol. The van der Waals surface area contributed by atoms with Crippen LogP contribution >= 0.6 is 23.2 Å². The minimum absolute atomic E-state index is 0.0224. The van der Waals surface area contributed by atoms with Crippen LogP contribution in [0.1, 0.15) is 31.4 Å². The van der Waals surface area contributed by atoms with E-state index in [4.69, 9.17) is 23.2 Å². The van der Waals surface area contributed by atoms with Gasteiger partial charge in [0.1, 0.15) is 18.4 Å². The van der Waals surface area contributed by atoms with Gasteiger partial charge in [0, 0.05) is 13.1 Å². The number of hydrogen-bond acceptors (Lipinski definition) is 4. The van der Waals surface area contributed by atoms with Gasteiger partial charge in [-0.2, -0.15) is 0 Å². The first kappa shape index (κ1) is 30.4. The molecule has 0 saturated carbocycles. The highest BCUT2D eigenvalue weighted by Gasteiger charge is 2.32. The molecule has 0 fully saturated rings. The zero-order chi connectivity index (χ0) is 28.7. The molecule has 11 heteroatoms. The van der Waals surface area contributed by atoms with Crippen LogP contribution in [-0.2, 0) is 26.2 Å². The molecule has 1 N–H and O–H groups in total. The highest BCUT2D eigenvalue weighted by Crippen LogP contribution is 2.31. The van der Waals surface area contributed by atoms with Gasteiger partial charge in [0.2, 0.25) is 11.8 Å². The number of benzene rings is 3. The Morgan fingerprint density at radius 1 is 0.974 bits per heavy atom. The summed E-state index contributed by atoms with van der Waals surface area (Å²) < 4.78 is 42.0. The lowest BCUT2D eigenvalue weighted by atomic mass is 10.1. The number of carbonyl (C=O) groups is 2. The van der Waals surface area contributed by atoms with Crippen LogP contribution in [0.4, 0.5) is 10.1 Å². The molecular formula is C28H30Cl2FN3O4S. The van der Waals surface area contributed by atoms with Gasteiger partial charge in [-0.3, -0.25) is 13.9 Å². The normalized spacial score (nSPS) is 12.1. The van der Waals surface area contributed by atoms with Gasteiger partial charge in [0.05, 0.1) is 20.6 Å². The Bertz CT molecular complexity index is 1420. The summed E-state index contributed by atoms with van der Waals surface area (Å²) in [6.07, 6.45) is 0.699. The van der Waals surface area contributed by atoms with Crippen LogP contribution in [0.3, 0.4) is 0 Å². The summed E-state index contributed by atoms with van der Waals surface area (Å²) in [4.78, 5) is 27.9. The van der Waals surface area contributed by atoms with Gasteiger partial charge in [0.25, 0.3) is 10.0 Å². The van der Waals surface area contributed by atoms with E-state index in [-0.39, 0.29) is 27.2 Å². The molecule has 0 spiro atoms. The standard InChI is InChI=1S/C28H30Cl2FN3O4S/c1-4-15-32-28(36)20(3)33(17-21-7-9-22(31)10-8-21)27(35)18-34(23-11-14-25(29)26(30)16-23)39(37,38)24-12-5-19(2)6-13-24/h5-14,16,20H,4,15,17-18H2,1-3H3,(H,32,36)/t20-/m0/s1. The molecule has 0 aromatic heterocycles. The predicted molar refractivity (Wildman–Crippen MR) is 152 cm³/mol. The number of aryl methyl sites for hydroxylation is 1. The second kappa shape index (κ2) is 13.3. The largest absolute Gasteiger partial charge is 0.354 e. The van der Waals surface area contributed by atoms with E-state index in [9.17, 15) is 22.4 Å². The van der Waals surface area contributed by atoms with Gasteiger partial charge in [-0.25, -0.2) is 12.8 Å². The van der Waals surface area contributed by atoms with E-state index in [1.165, 1.54) is 59.5 Å². The van der Waals surface area contributed by atoms with Crippen LogP contribution in [0.2, 0.25) is 10.0 Å². The van der Waals surface area contributed by atoms with Crippen molar-refractivity contribution in [1.29, 1.82) is 0 Å². The van der Waals surface area contributed by atoms with Gasteiger partial charge < -0.3 is 10.2 Å². The van der Waals surface area contributed by atoms with Crippen molar-refractivity contribution in [2.24, 2.45) is 0 Å². The summed E-state index contributed by atoms with van der Waals surface area (Å²) in [5.41, 5.74) is 1.56. The Morgan fingerprint density at radius 2 is 1.62 bits per heavy atom. The Hall–Kier alpha value is -3.14. The molecule has 7 nitrogen and oxygen atoms in total. The number of nitrogens with one attached hydrogen (secondary N) is 1. The molecule has 0 unspecified atom stereocenters. The van der Waals surface area contributed by atoms with Crippen molar-refractivity contribution < 1.29 is 22.4 Å². The number of halogens is 3. The highest BCUT2D eigenvalue weighted by atomic mass is 35.5. The van der Waals surface area contributed by atoms with Crippen LogP contribution in [-0.4, -0.2) is 44.3 Å². The molecular weight excluding hydrogens is 564 g/mol. The summed E-state index contributed by atoms with van der Waals surface area (Å²) in [6, 6.07) is 15.1. The Balaban J connectivity index is 2.04. The van der Waals surface area contributed by atoms with Gasteiger partial charge in [-0.1, -0.05) is 60.0 Å². The topological polar surface area (TPSA) is 86.8 Å². The van der Waals surface area contributed by atoms with Gasteiger partial charge in [-0.15, -0.1) is 0 Å². The molecule has 2 amide bonds. The summed E-state index contributed by atoms with van der Waals surface area (Å²) >= 11 is 12.3. The summed E-state index contributed by atoms with van der Waals surface area (Å²) in [6.45, 7) is 5.04. The average Bonchev–Trinajstić information content (AvgIpc) is 2.91. The van der Waals surface area contributed by atoms with E-state index < -0.39 is 40.2 Å². The molecule has 0 radical (unpaired) electrons. The fourth-order valence-corrected chi connectivity index (χ4v) is 5.47. The van der Waals surface area contributed by atoms with Crippen molar-refractivity contribution in [3.8, 4) is 0 Å². The van der Waals surface area contributed by atoms with Crippen LogP contribution in [0, 0.1) is 12.7 Å². The quantitative estimate of drug-likeness (QED) is 0.314. The Kier molecular flexibility index (Phi) is 10.4. The van der Waals surface area contributed by atoms with E-state index in [2.05, 4.69) is 5.32 Å². The lowest BCUT2D eigenvalue weighted by Gasteiger charge is -2.32. The first-order chi connectivity index (χ1) is 18.4. The second-order valence-electron chi connectivity index (χ2n) is 9.04. The molecule has 0 saturated heterocycles. The number of hydrogen-bond donors (Lipinski definition) is 1. The van der Waals surface area contributed by atoms with Crippen molar-refractivity contribution in [3.05, 3.63) is 93.7 Å². The van der Waals surface area contributed by atoms with E-state index in [1.54, 1.807) is 19.1 Å². The molecule has 1 atom stereocenters. The molecule has 3 aromatic rings. The van der Waals surface area contributed by atoms with Gasteiger partial charge in [-0.05, 0) is 68.3 Å². The molecule has 0 bridgehead atoms. The van der Waals surface area contributed by atoms with Crippen LogP contribution in [0.5, 0.6) is 0 Å². The minimum atomic E-state index is -4.23. The maximum absolute atomic E-state index is 13.8. The Morgan fingerprint density at radius 3 is 2.21 bits per heavy atom. The summed E-state index contributed by atoms with van der Waals surface area (Å²) in [7, 11) is -4.23. The van der Waals surface area contributed by atoms with Crippen LogP contribution in [0.25, 0.3) is 0 Å². The predicted octanol–water partition coefficient (Wildman–Crippen LogP) is 5.58. The third-order valence-electron chi connectivity index (χ3n) is 6.06. The first-order valence-electron chi connectivity index (χ1n) is 12.3. The molecule has 3 aromatic carbocycles. The van der Waals surface area contributed by atoms with Crippen molar-refractivity contribution in [2.45, 2.75) is 44.7 Å². The van der Waals surface area contributed by atoms with E-state index in [1.807, 2.05) is 13.8 Å². The fourth-order valence-electron chi connectivity index (χ4n) is 3.77. The zero-order valence-corrected chi connectivity index (χ0v) is 24.2. The number of amides is 2. The zero-order valence-electron chi connectivity index (χ0n) is 21.8. The molecule has 0 aliphatic carbocycles. The van der Waals surface area contributed by atoms with Gasteiger partial charge >= 0.3 is 0 Å². The lowest BCUT2D eigenvalue weighted by molar-refractivity contribution is -0.139. The average molecular weight is 595 g/mol. The molecule has 39 heavy (non-hydrogen) atoms. The van der Waals surface area contributed by atoms with E-state index >= 15 is 0 Å². The maximum atomic E-state index is 13.8. The molecule has 208 valence electrons. The minimum Gasteiger partial charge on any atom is -0.354 e. The molecule has 0 aliphatic heterocycles. The number of nitrogens with zero attached hydrogens (tertiary/aromatic N) is 2. The number of rotatable bonds is 11. The fraction of sp³-hybridized carbons (Fsp3) is 0.286. The first-order valence-corrected chi connectivity index (χ1v) is 14.5. The Labute approximate surface area is 238 Å². The third-order valence-corrected chi connectivity index (χ3v) is 8.59. The second-order valence-corrected chi connectivity index (χ2v) is 11.7. The number of carbonyl (C=O) groups excluding carboxylic acids is 2. The summed E-state index contributed by atoms with van der Waals surface area (Å²) in [5.74, 6) is -1.48. The van der Waals surface area contributed by atoms with Gasteiger partial charge in [0.15, 0.2) is 0 Å². The number of anilines is 1. The van der Waals surface area contributed by atoms with Crippen LogP contribution in [0.15, 0.2) is 71.6 Å². The van der Waals surface area contributed by atoms with E-state index in [0.717, 1.165) is 9.87 Å². The van der Waals surface area contributed by atoms with Crippen molar-refractivity contribution >= 4 is 50.7 Å². The number of sulfonamides is 1. The maximum Gasteiger partial charge on any atom is 0.264 e. The SMILES string of the molecule is CCCNC(=O)[C@H](C)N(Cc1ccc(F)cc1)C(=O)CN(c1ccc(Cl)c(Cl)c1)S(=O)(=O)c1ccc(C)cc1. The van der Waals surface area contributed by atoms with E-state index in [0.29, 0.717) is 18.5 Å². The third kappa shape index (κ3) is 7.71. The highest BCUT2D eigenvalue weighted by molar-refractivity contribution is 7.92.